The van der Waals surface area contributed by atoms with Crippen molar-refractivity contribution in [3.05, 3.63) is 28.3 Å². The highest BCUT2D eigenvalue weighted by molar-refractivity contribution is 5.56. The Hall–Kier alpha value is -1.82. The van der Waals surface area contributed by atoms with E-state index in [0.29, 0.717) is 24.6 Å². The van der Waals surface area contributed by atoms with E-state index >= 15 is 0 Å². The first-order valence-corrected chi connectivity index (χ1v) is 6.47. The second-order valence-electron chi connectivity index (χ2n) is 4.45. The number of nitro benzene ring substituents is 1. The first-order chi connectivity index (χ1) is 9.19. The average molecular weight is 266 g/mol. The van der Waals surface area contributed by atoms with Crippen LogP contribution in [0.25, 0.3) is 0 Å². The molecule has 2 rings (SSSR count). The number of nitrogens with zero attached hydrogens (tertiary/aromatic N) is 1. The molecule has 19 heavy (non-hydrogen) atoms. The van der Waals surface area contributed by atoms with E-state index < -0.39 is 4.92 Å². The fourth-order valence-corrected chi connectivity index (χ4v) is 2.04. The summed E-state index contributed by atoms with van der Waals surface area (Å²) in [6, 6.07) is 4.71. The van der Waals surface area contributed by atoms with E-state index in [2.05, 4.69) is 5.32 Å². The standard InChI is InChI=1S/C13H18N2O4/c1-2-14-10-6-11(15(16)17)8-13(7-10)19-9-12-4-3-5-18-12/h6-8,12,14H,2-5,9H2,1H3. The Morgan fingerprint density at radius 3 is 3.00 bits per heavy atom. The monoisotopic (exact) mass is 266 g/mol. The van der Waals surface area contributed by atoms with Crippen LogP contribution >= 0.6 is 0 Å². The third kappa shape index (κ3) is 3.82. The van der Waals surface area contributed by atoms with Crippen LogP contribution in [0.1, 0.15) is 19.8 Å². The Morgan fingerprint density at radius 2 is 2.37 bits per heavy atom. The first-order valence-electron chi connectivity index (χ1n) is 6.47. The number of benzene rings is 1. The van der Waals surface area contributed by atoms with Gasteiger partial charge in [0.2, 0.25) is 0 Å². The average Bonchev–Trinajstić information content (AvgIpc) is 2.89. The molecule has 1 aliphatic heterocycles. The van der Waals surface area contributed by atoms with Gasteiger partial charge in [-0.05, 0) is 19.8 Å². The van der Waals surface area contributed by atoms with Gasteiger partial charge in [-0.3, -0.25) is 10.1 Å². The summed E-state index contributed by atoms with van der Waals surface area (Å²) in [5, 5.41) is 13.9. The maximum Gasteiger partial charge on any atom is 0.275 e. The molecule has 104 valence electrons. The van der Waals surface area contributed by atoms with E-state index in [1.165, 1.54) is 12.1 Å². The van der Waals surface area contributed by atoms with Gasteiger partial charge < -0.3 is 14.8 Å². The van der Waals surface area contributed by atoms with Crippen molar-refractivity contribution in [1.29, 1.82) is 0 Å². The molecule has 1 aromatic carbocycles. The smallest absolute Gasteiger partial charge is 0.275 e. The lowest BCUT2D eigenvalue weighted by atomic mass is 10.2. The molecule has 1 unspecified atom stereocenters. The van der Waals surface area contributed by atoms with Crippen molar-refractivity contribution in [2.75, 3.05) is 25.1 Å². The second-order valence-corrected chi connectivity index (χ2v) is 4.45. The SMILES string of the molecule is CCNc1cc(OCC2CCCO2)cc([N+](=O)[O-])c1. The highest BCUT2D eigenvalue weighted by atomic mass is 16.6. The van der Waals surface area contributed by atoms with Gasteiger partial charge in [-0.1, -0.05) is 0 Å². The van der Waals surface area contributed by atoms with Gasteiger partial charge in [-0.25, -0.2) is 0 Å². The summed E-state index contributed by atoms with van der Waals surface area (Å²) in [4.78, 5) is 10.5. The molecular weight excluding hydrogens is 248 g/mol. The predicted molar refractivity (Wildman–Crippen MR) is 71.7 cm³/mol. The lowest BCUT2D eigenvalue weighted by Gasteiger charge is -2.12. The molecule has 0 bridgehead atoms. The van der Waals surface area contributed by atoms with Crippen LogP contribution in [0.2, 0.25) is 0 Å². The van der Waals surface area contributed by atoms with Crippen molar-refractivity contribution < 1.29 is 14.4 Å². The van der Waals surface area contributed by atoms with Crippen molar-refractivity contribution >= 4 is 11.4 Å². The quantitative estimate of drug-likeness (QED) is 0.632. The Balaban J connectivity index is 2.06. The summed E-state index contributed by atoms with van der Waals surface area (Å²) >= 11 is 0. The van der Waals surface area contributed by atoms with E-state index in [-0.39, 0.29) is 11.8 Å². The number of non-ortho nitro benzene ring substituents is 1. The molecule has 1 fully saturated rings. The van der Waals surface area contributed by atoms with Crippen molar-refractivity contribution in [2.45, 2.75) is 25.9 Å². The molecule has 6 nitrogen and oxygen atoms in total. The van der Waals surface area contributed by atoms with Gasteiger partial charge in [0, 0.05) is 31.0 Å². The summed E-state index contributed by atoms with van der Waals surface area (Å²) in [5.74, 6) is 0.501. The Kier molecular flexibility index (Phi) is 4.57. The van der Waals surface area contributed by atoms with E-state index in [1.807, 2.05) is 6.92 Å². The van der Waals surface area contributed by atoms with Crippen LogP contribution in [0.3, 0.4) is 0 Å². The number of anilines is 1. The minimum absolute atomic E-state index is 0.0285. The number of ether oxygens (including phenoxy) is 2. The van der Waals surface area contributed by atoms with E-state index in [4.69, 9.17) is 9.47 Å². The zero-order chi connectivity index (χ0) is 13.7. The molecule has 0 saturated carbocycles. The van der Waals surface area contributed by atoms with E-state index in [9.17, 15) is 10.1 Å². The summed E-state index contributed by atoms with van der Waals surface area (Å²) < 4.78 is 11.1. The van der Waals surface area contributed by atoms with Gasteiger partial charge in [0.25, 0.3) is 5.69 Å². The maximum atomic E-state index is 10.9. The molecule has 1 heterocycles. The summed E-state index contributed by atoms with van der Waals surface area (Å²) in [6.07, 6.45) is 2.13. The van der Waals surface area contributed by atoms with Gasteiger partial charge in [0.05, 0.1) is 17.1 Å². The Bertz CT molecular complexity index is 444. The minimum atomic E-state index is -0.417. The van der Waals surface area contributed by atoms with Crippen LogP contribution in [0.15, 0.2) is 18.2 Å². The molecule has 1 aromatic rings. The molecule has 0 aromatic heterocycles. The van der Waals surface area contributed by atoms with Crippen molar-refractivity contribution in [2.24, 2.45) is 0 Å². The third-order valence-electron chi connectivity index (χ3n) is 2.94. The number of nitro groups is 1. The molecule has 1 atom stereocenters. The van der Waals surface area contributed by atoms with E-state index in [0.717, 1.165) is 19.4 Å². The molecule has 0 amide bonds. The first kappa shape index (κ1) is 13.6. The number of hydrogen-bond acceptors (Lipinski definition) is 5. The fourth-order valence-electron chi connectivity index (χ4n) is 2.04. The number of hydrogen-bond donors (Lipinski definition) is 1. The zero-order valence-electron chi connectivity index (χ0n) is 10.9. The number of rotatable bonds is 6. The topological polar surface area (TPSA) is 73.6 Å². The van der Waals surface area contributed by atoms with Gasteiger partial charge >= 0.3 is 0 Å². The van der Waals surface area contributed by atoms with Crippen LogP contribution in [-0.2, 0) is 4.74 Å². The van der Waals surface area contributed by atoms with Crippen LogP contribution in [0, 0.1) is 10.1 Å². The molecular formula is C13H18N2O4. The Labute approximate surface area is 111 Å². The van der Waals surface area contributed by atoms with Gasteiger partial charge in [-0.2, -0.15) is 0 Å². The second kappa shape index (κ2) is 6.38. The summed E-state index contributed by atoms with van der Waals surface area (Å²) in [5.41, 5.74) is 0.722. The molecule has 1 aliphatic rings. The lowest BCUT2D eigenvalue weighted by Crippen LogP contribution is -2.16. The molecule has 6 heteroatoms. The van der Waals surface area contributed by atoms with Crippen molar-refractivity contribution in [3.63, 3.8) is 0 Å². The van der Waals surface area contributed by atoms with Crippen LogP contribution in [0.5, 0.6) is 5.75 Å². The van der Waals surface area contributed by atoms with Crippen molar-refractivity contribution in [1.82, 2.24) is 0 Å². The van der Waals surface area contributed by atoms with Crippen LogP contribution in [0.4, 0.5) is 11.4 Å². The van der Waals surface area contributed by atoms with Crippen LogP contribution in [-0.4, -0.2) is 30.8 Å². The molecule has 1 N–H and O–H groups in total. The van der Waals surface area contributed by atoms with Crippen LogP contribution < -0.4 is 10.1 Å². The van der Waals surface area contributed by atoms with Gasteiger partial charge in [0.1, 0.15) is 12.4 Å². The minimum Gasteiger partial charge on any atom is -0.491 e. The third-order valence-corrected chi connectivity index (χ3v) is 2.94. The largest absolute Gasteiger partial charge is 0.491 e. The van der Waals surface area contributed by atoms with Gasteiger partial charge in [0.15, 0.2) is 0 Å². The lowest BCUT2D eigenvalue weighted by molar-refractivity contribution is -0.384. The van der Waals surface area contributed by atoms with Gasteiger partial charge in [-0.15, -0.1) is 0 Å². The highest BCUT2D eigenvalue weighted by Gasteiger charge is 2.17. The number of nitrogens with one attached hydrogen (secondary N) is 1. The fraction of sp³-hybridized carbons (Fsp3) is 0.538. The highest BCUT2D eigenvalue weighted by Crippen LogP contribution is 2.26. The molecule has 0 aliphatic carbocycles. The summed E-state index contributed by atoms with van der Waals surface area (Å²) in [6.45, 7) is 3.84. The van der Waals surface area contributed by atoms with E-state index in [1.54, 1.807) is 6.07 Å². The zero-order valence-corrected chi connectivity index (χ0v) is 10.9. The molecule has 1 saturated heterocycles. The summed E-state index contributed by atoms with van der Waals surface area (Å²) in [7, 11) is 0. The molecule has 0 radical (unpaired) electrons. The molecule has 0 spiro atoms. The Morgan fingerprint density at radius 1 is 1.53 bits per heavy atom. The maximum absolute atomic E-state index is 10.9. The van der Waals surface area contributed by atoms with Crippen molar-refractivity contribution in [3.8, 4) is 5.75 Å². The normalized spacial score (nSPS) is 18.3. The predicted octanol–water partition coefficient (Wildman–Crippen LogP) is 2.58.